The molecule has 324 valence electrons. The first-order chi connectivity index (χ1) is 27.9. The van der Waals surface area contributed by atoms with Gasteiger partial charge in [0.2, 0.25) is 5.69 Å². The summed E-state index contributed by atoms with van der Waals surface area (Å²) in [6, 6.07) is 10.1. The van der Waals surface area contributed by atoms with Crippen molar-refractivity contribution < 1.29 is 63.2 Å². The van der Waals surface area contributed by atoms with Gasteiger partial charge in [0, 0.05) is 47.5 Å². The number of ether oxygens (including phenoxy) is 1. The van der Waals surface area contributed by atoms with Crippen LogP contribution in [-0.2, 0) is 50.7 Å². The highest BCUT2D eigenvalue weighted by atomic mass is 32.2. The number of anilines is 1. The minimum atomic E-state index is -4.56. The van der Waals surface area contributed by atoms with Gasteiger partial charge >= 0.3 is 5.97 Å². The van der Waals surface area contributed by atoms with Crippen LogP contribution in [0.15, 0.2) is 100 Å². The Morgan fingerprint density at radius 2 is 1.55 bits per heavy atom. The molecule has 4 atom stereocenters. The average molecular weight is 888 g/mol. The summed E-state index contributed by atoms with van der Waals surface area (Å²) >= 11 is 0. The minimum Gasteiger partial charge on any atom is -0.427 e. The highest BCUT2D eigenvalue weighted by Gasteiger charge is 2.53. The van der Waals surface area contributed by atoms with Crippen molar-refractivity contribution in [3.8, 4) is 0 Å². The lowest BCUT2D eigenvalue weighted by Gasteiger charge is -2.36. The Kier molecular flexibility index (Phi) is 12.7. The van der Waals surface area contributed by atoms with Gasteiger partial charge in [-0.3, -0.25) is 18.5 Å². The Bertz CT molecular complexity index is 2630. The van der Waals surface area contributed by atoms with Gasteiger partial charge in [-0.05, 0) is 101 Å². The van der Waals surface area contributed by atoms with E-state index in [1.807, 2.05) is 37.0 Å². The fourth-order valence-electron chi connectivity index (χ4n) is 9.36. The molecule has 1 saturated carbocycles. The first-order valence-electron chi connectivity index (χ1n) is 19.5. The number of esters is 1. The number of β-amino-alcohol motifs (C(OH)–C–C–N with tert-alkyl or cyclic N) is 2. The van der Waals surface area contributed by atoms with Crippen LogP contribution in [0, 0.1) is 6.92 Å². The molecule has 4 aliphatic rings. The highest BCUT2D eigenvalue weighted by Crippen LogP contribution is 2.55. The SMILES string of the molecule is CC(=O)OC(C=CC=C1CCCC2(C)C1=[N+](CC(O)CS(=O)(=O)O)c1ccc(S(=O)(=O)O)cc12)=CC=CC1=C2N(CC(O)CS(=O)(=O)O)c3ccc(C)cc3C2(C)CCC1. The van der Waals surface area contributed by atoms with E-state index in [0.717, 1.165) is 46.5 Å². The Hall–Kier alpha value is -4.27. The summed E-state index contributed by atoms with van der Waals surface area (Å²) in [5, 5.41) is 21.5. The fraction of sp³-hybridized carbons (Fsp3) is 0.429. The molecule has 4 unspecified atom stereocenters. The van der Waals surface area contributed by atoms with Crippen molar-refractivity contribution in [1.82, 2.24) is 0 Å². The number of aryl methyl sites for hydroxylation is 1. The Balaban J connectivity index is 1.36. The van der Waals surface area contributed by atoms with Crippen LogP contribution < -0.4 is 4.90 Å². The third-order valence-corrected chi connectivity index (χ3v) is 14.1. The smallest absolute Gasteiger partial charge is 0.308 e. The van der Waals surface area contributed by atoms with Crippen LogP contribution in [0.5, 0.6) is 0 Å². The zero-order valence-electron chi connectivity index (χ0n) is 33.8. The van der Waals surface area contributed by atoms with Crippen LogP contribution in [-0.4, -0.2) is 102 Å². The molecule has 0 bridgehead atoms. The van der Waals surface area contributed by atoms with Gasteiger partial charge in [-0.2, -0.15) is 29.8 Å². The van der Waals surface area contributed by atoms with E-state index in [-0.39, 0.29) is 23.7 Å². The largest absolute Gasteiger partial charge is 0.427 e. The van der Waals surface area contributed by atoms with E-state index in [2.05, 4.69) is 13.0 Å². The first-order valence-corrected chi connectivity index (χ1v) is 24.2. The second-order valence-corrected chi connectivity index (χ2v) is 20.8. The zero-order chi connectivity index (χ0) is 44.0. The van der Waals surface area contributed by atoms with Crippen LogP contribution in [0.25, 0.3) is 0 Å². The van der Waals surface area contributed by atoms with E-state index < -0.39 is 70.9 Å². The van der Waals surface area contributed by atoms with Crippen LogP contribution >= 0.6 is 0 Å². The topological polar surface area (TPSA) is 236 Å². The number of hydrogen-bond donors (Lipinski definition) is 5. The number of hydrogen-bond acceptors (Lipinski definition) is 11. The number of fused-ring (bicyclic) bond motifs is 6. The zero-order valence-corrected chi connectivity index (χ0v) is 36.2. The van der Waals surface area contributed by atoms with Crippen LogP contribution in [0.3, 0.4) is 0 Å². The van der Waals surface area contributed by atoms with Gasteiger partial charge in [0.05, 0.1) is 16.4 Å². The van der Waals surface area contributed by atoms with Gasteiger partial charge in [0.1, 0.15) is 23.4 Å². The van der Waals surface area contributed by atoms with E-state index >= 15 is 0 Å². The third kappa shape index (κ3) is 9.76. The monoisotopic (exact) mass is 887 g/mol. The Morgan fingerprint density at radius 1 is 0.883 bits per heavy atom. The summed E-state index contributed by atoms with van der Waals surface area (Å²) in [5.74, 6) is -2.11. The van der Waals surface area contributed by atoms with Crippen molar-refractivity contribution in [2.75, 3.05) is 29.5 Å². The number of benzene rings is 2. The maximum atomic E-state index is 12.2. The summed E-state index contributed by atoms with van der Waals surface area (Å²) in [6.45, 7) is 6.98. The molecule has 2 aliphatic heterocycles. The normalized spacial score (nSPS) is 23.9. The van der Waals surface area contributed by atoms with Crippen molar-refractivity contribution in [3.63, 3.8) is 0 Å². The van der Waals surface area contributed by atoms with Crippen molar-refractivity contribution in [2.45, 2.75) is 94.2 Å². The van der Waals surface area contributed by atoms with Crippen molar-refractivity contribution >= 4 is 53.4 Å². The summed E-state index contributed by atoms with van der Waals surface area (Å²) < 4.78 is 107. The molecular formula is C42H51N2O13S3+. The quantitative estimate of drug-likeness (QED) is 0.0554. The molecular weight excluding hydrogens is 837 g/mol. The number of aliphatic hydroxyl groups excluding tert-OH is 2. The molecule has 60 heavy (non-hydrogen) atoms. The number of carbonyl (C=O) groups excluding carboxylic acids is 1. The number of rotatable bonds is 14. The van der Waals surface area contributed by atoms with Crippen LogP contribution in [0.2, 0.25) is 0 Å². The molecule has 5 N–H and O–H groups in total. The number of allylic oxidation sites excluding steroid dienone is 9. The number of aliphatic hydroxyl groups is 2. The summed E-state index contributed by atoms with van der Waals surface area (Å²) in [6.07, 6.45) is 11.6. The summed E-state index contributed by atoms with van der Waals surface area (Å²) in [5.41, 5.74) is 6.09. The van der Waals surface area contributed by atoms with Gasteiger partial charge in [-0.1, -0.05) is 42.0 Å². The van der Waals surface area contributed by atoms with E-state index in [0.29, 0.717) is 42.6 Å². The minimum absolute atomic E-state index is 0.0637. The second kappa shape index (κ2) is 16.9. The Labute approximate surface area is 351 Å². The van der Waals surface area contributed by atoms with Crippen LogP contribution in [0.4, 0.5) is 11.4 Å². The van der Waals surface area contributed by atoms with Gasteiger partial charge in [0.15, 0.2) is 12.3 Å². The summed E-state index contributed by atoms with van der Waals surface area (Å²) in [7, 11) is -13.5. The molecule has 0 spiro atoms. The van der Waals surface area contributed by atoms with E-state index in [9.17, 15) is 53.9 Å². The molecule has 0 radical (unpaired) electrons. The molecule has 2 aromatic carbocycles. The molecule has 0 amide bonds. The molecule has 2 heterocycles. The fourth-order valence-corrected chi connectivity index (χ4v) is 11.0. The molecule has 2 aliphatic carbocycles. The van der Waals surface area contributed by atoms with Gasteiger partial charge in [-0.15, -0.1) is 0 Å². The predicted octanol–water partition coefficient (Wildman–Crippen LogP) is 4.98. The highest BCUT2D eigenvalue weighted by molar-refractivity contribution is 7.86. The molecule has 0 aromatic heterocycles. The van der Waals surface area contributed by atoms with E-state index in [1.165, 1.54) is 25.1 Å². The van der Waals surface area contributed by atoms with Gasteiger partial charge in [0.25, 0.3) is 30.4 Å². The Morgan fingerprint density at radius 3 is 2.22 bits per heavy atom. The average Bonchev–Trinajstić information content (AvgIpc) is 3.50. The maximum Gasteiger partial charge on any atom is 0.308 e. The molecule has 15 nitrogen and oxygen atoms in total. The van der Waals surface area contributed by atoms with E-state index in [4.69, 9.17) is 4.74 Å². The maximum absolute atomic E-state index is 12.2. The van der Waals surface area contributed by atoms with Crippen LogP contribution in [0.1, 0.15) is 76.0 Å². The lowest BCUT2D eigenvalue weighted by Crippen LogP contribution is -2.39. The second-order valence-electron chi connectivity index (χ2n) is 16.4. The molecule has 1 fully saturated rings. The van der Waals surface area contributed by atoms with Crippen molar-refractivity contribution in [2.24, 2.45) is 0 Å². The predicted molar refractivity (Wildman–Crippen MR) is 225 cm³/mol. The van der Waals surface area contributed by atoms with Gasteiger partial charge < -0.3 is 19.8 Å². The van der Waals surface area contributed by atoms with E-state index in [1.54, 1.807) is 35.0 Å². The first kappa shape index (κ1) is 45.3. The lowest BCUT2D eigenvalue weighted by molar-refractivity contribution is -0.449. The lowest BCUT2D eigenvalue weighted by atomic mass is 9.69. The molecule has 2 aromatic rings. The molecule has 6 rings (SSSR count). The molecule has 18 heteroatoms. The number of nitrogens with zero attached hydrogens (tertiary/aromatic N) is 2. The molecule has 0 saturated heterocycles. The van der Waals surface area contributed by atoms with Crippen molar-refractivity contribution in [3.05, 3.63) is 112 Å². The third-order valence-electron chi connectivity index (χ3n) is 11.6. The standard InChI is InChI=1S/C42H50N2O13S3/c1-27-15-17-37-35(21-27)41(3)19-7-11-29(39(41)43(37)23-31(46)25-58(48,49)50)9-5-13-33(57-28(2)45)14-6-10-30-12-8-20-42(4)36-22-34(60(54,55)56)16-18-38(36)44(40(30)42)24-32(47)26-59(51,52)53/h5-6,9-10,13-18,21-22,31-32,46-47H,7-8,11-12,19-20,23-26H2,1-4H3,(H2-,48,49,50,51,52,53,54,55,56)/p+1. The number of carbonyl (C=O) groups is 1. The summed E-state index contributed by atoms with van der Waals surface area (Å²) in [4.78, 5) is 13.9. The van der Waals surface area contributed by atoms with Gasteiger partial charge in [-0.25, -0.2) is 0 Å². The van der Waals surface area contributed by atoms with Crippen molar-refractivity contribution in [1.29, 1.82) is 0 Å².